The molecule has 0 fully saturated rings. The smallest absolute Gasteiger partial charge is 0.368 e. The number of amides is 2. The predicted molar refractivity (Wildman–Crippen MR) is 90.5 cm³/mol. The largest absolute Gasteiger partial charge is 0.416 e. The summed E-state index contributed by atoms with van der Waals surface area (Å²) in [6.07, 6.45) is -2.92. The van der Waals surface area contributed by atoms with Crippen molar-refractivity contribution in [3.05, 3.63) is 47.3 Å². The molecule has 0 saturated heterocycles. The number of nitrogens with zero attached hydrogens (tertiary/aromatic N) is 3. The molecule has 1 aromatic heterocycles. The van der Waals surface area contributed by atoms with Crippen LogP contribution in [-0.2, 0) is 17.5 Å². The van der Waals surface area contributed by atoms with E-state index in [2.05, 4.69) is 15.6 Å². The highest BCUT2D eigenvalue weighted by Crippen LogP contribution is 2.32. The summed E-state index contributed by atoms with van der Waals surface area (Å²) >= 11 is 0. The third-order valence-electron chi connectivity index (χ3n) is 3.78. The number of halogens is 3. The molecule has 146 valence electrons. The van der Waals surface area contributed by atoms with Crippen molar-refractivity contribution in [2.45, 2.75) is 39.0 Å². The van der Waals surface area contributed by atoms with Gasteiger partial charge in [-0.05, 0) is 24.0 Å². The number of primary amides is 1. The molecule has 0 radical (unpaired) electrons. The van der Waals surface area contributed by atoms with Gasteiger partial charge in [-0.2, -0.15) is 13.2 Å². The maximum absolute atomic E-state index is 13.1. The average molecular weight is 383 g/mol. The van der Waals surface area contributed by atoms with Crippen molar-refractivity contribution in [2.75, 3.05) is 0 Å². The Hall–Kier alpha value is -2.91. The Balaban J connectivity index is 2.13. The molecule has 0 bridgehead atoms. The van der Waals surface area contributed by atoms with E-state index in [1.807, 2.05) is 13.8 Å². The van der Waals surface area contributed by atoms with Gasteiger partial charge in [-0.25, -0.2) is 4.68 Å². The first kappa shape index (κ1) is 20.4. The minimum Gasteiger partial charge on any atom is -0.368 e. The van der Waals surface area contributed by atoms with Crippen molar-refractivity contribution in [3.63, 3.8) is 0 Å². The fourth-order valence-corrected chi connectivity index (χ4v) is 2.54. The number of carbonyl (C=O) groups excluding carboxylic acids is 2. The summed E-state index contributed by atoms with van der Waals surface area (Å²) in [6, 6.07) is 4.22. The van der Waals surface area contributed by atoms with E-state index in [0.29, 0.717) is 6.42 Å². The molecular formula is C17H20F3N5O2. The number of benzene rings is 1. The molecular weight excluding hydrogens is 363 g/mol. The molecule has 1 atom stereocenters. The molecule has 2 aromatic rings. The monoisotopic (exact) mass is 383 g/mol. The zero-order valence-electron chi connectivity index (χ0n) is 14.8. The molecule has 0 unspecified atom stereocenters. The van der Waals surface area contributed by atoms with E-state index in [-0.39, 0.29) is 23.7 Å². The van der Waals surface area contributed by atoms with Gasteiger partial charge in [0.2, 0.25) is 5.91 Å². The Morgan fingerprint density at radius 1 is 1.26 bits per heavy atom. The van der Waals surface area contributed by atoms with Crippen LogP contribution >= 0.6 is 0 Å². The first-order valence-corrected chi connectivity index (χ1v) is 8.23. The quantitative estimate of drug-likeness (QED) is 0.763. The summed E-state index contributed by atoms with van der Waals surface area (Å²) in [5, 5.41) is 9.82. The van der Waals surface area contributed by atoms with Crippen LogP contribution in [0.1, 0.15) is 41.9 Å². The molecule has 27 heavy (non-hydrogen) atoms. The van der Waals surface area contributed by atoms with Crippen molar-refractivity contribution in [1.29, 1.82) is 0 Å². The number of nitrogens with one attached hydrogen (secondary N) is 1. The minimum atomic E-state index is -4.50. The van der Waals surface area contributed by atoms with E-state index in [0.717, 1.165) is 10.7 Å². The van der Waals surface area contributed by atoms with Crippen molar-refractivity contribution < 1.29 is 22.8 Å². The molecule has 3 N–H and O–H groups in total. The highest BCUT2D eigenvalue weighted by molar-refractivity contribution is 5.95. The molecule has 0 aliphatic heterocycles. The zero-order chi connectivity index (χ0) is 20.2. The second-order valence-corrected chi connectivity index (χ2v) is 6.51. The van der Waals surface area contributed by atoms with E-state index < -0.39 is 29.6 Å². The fraction of sp³-hybridized carbons (Fsp3) is 0.412. The molecule has 0 spiro atoms. The van der Waals surface area contributed by atoms with Crippen LogP contribution in [0.4, 0.5) is 13.2 Å². The summed E-state index contributed by atoms with van der Waals surface area (Å²) in [7, 11) is 0. The molecule has 0 aliphatic rings. The van der Waals surface area contributed by atoms with Gasteiger partial charge in [0, 0.05) is 0 Å². The second-order valence-electron chi connectivity index (χ2n) is 6.51. The van der Waals surface area contributed by atoms with Crippen LogP contribution in [0.2, 0.25) is 0 Å². The van der Waals surface area contributed by atoms with Gasteiger partial charge >= 0.3 is 6.18 Å². The summed E-state index contributed by atoms with van der Waals surface area (Å²) in [5.74, 6) is -1.23. The fourth-order valence-electron chi connectivity index (χ4n) is 2.54. The number of aromatic nitrogens is 3. The summed E-state index contributed by atoms with van der Waals surface area (Å²) in [5.41, 5.74) is 4.38. The van der Waals surface area contributed by atoms with E-state index in [4.69, 9.17) is 5.73 Å². The summed E-state index contributed by atoms with van der Waals surface area (Å²) < 4.78 is 40.3. The first-order valence-electron chi connectivity index (χ1n) is 8.23. The number of hydrogen-bond acceptors (Lipinski definition) is 4. The van der Waals surface area contributed by atoms with E-state index in [1.54, 1.807) is 0 Å². The Labute approximate surface area is 153 Å². The Morgan fingerprint density at radius 2 is 1.93 bits per heavy atom. The van der Waals surface area contributed by atoms with Crippen LogP contribution < -0.4 is 11.1 Å². The molecule has 0 saturated carbocycles. The van der Waals surface area contributed by atoms with Crippen LogP contribution in [0, 0.1) is 5.92 Å². The highest BCUT2D eigenvalue weighted by atomic mass is 19.4. The van der Waals surface area contributed by atoms with Crippen molar-refractivity contribution >= 4 is 11.8 Å². The Bertz CT molecular complexity index is 817. The molecule has 0 aliphatic carbocycles. The van der Waals surface area contributed by atoms with Gasteiger partial charge in [0.05, 0.1) is 18.3 Å². The van der Waals surface area contributed by atoms with Gasteiger partial charge in [-0.15, -0.1) is 5.10 Å². The van der Waals surface area contributed by atoms with E-state index in [9.17, 15) is 22.8 Å². The van der Waals surface area contributed by atoms with Crippen molar-refractivity contribution in [3.8, 4) is 0 Å². The number of hydrogen-bond donors (Lipinski definition) is 2. The van der Waals surface area contributed by atoms with Gasteiger partial charge in [0.1, 0.15) is 6.04 Å². The van der Waals surface area contributed by atoms with Gasteiger partial charge in [0.25, 0.3) is 5.91 Å². The number of carbonyl (C=O) groups is 2. The third kappa shape index (κ3) is 5.53. The van der Waals surface area contributed by atoms with Gasteiger partial charge in [-0.3, -0.25) is 9.59 Å². The van der Waals surface area contributed by atoms with Crippen molar-refractivity contribution in [1.82, 2.24) is 20.3 Å². The molecule has 10 heteroatoms. The third-order valence-corrected chi connectivity index (χ3v) is 3.78. The second kappa shape index (κ2) is 8.19. The Morgan fingerprint density at radius 3 is 2.52 bits per heavy atom. The maximum Gasteiger partial charge on any atom is 0.416 e. The Kier molecular flexibility index (Phi) is 6.19. The lowest BCUT2D eigenvalue weighted by Crippen LogP contribution is -2.45. The standard InChI is InChI=1S/C17H20F3N5O2/c1-10(2)7-13(15(21)26)22-16(27)14-9-25(24-23-14)8-11-5-3-4-6-12(11)17(18,19)20/h3-6,9-10,13H,7-8H2,1-2H3,(H2,21,26)(H,22,27)/t13-/m0/s1. The number of alkyl halides is 3. The van der Waals surface area contributed by atoms with E-state index >= 15 is 0 Å². The van der Waals surface area contributed by atoms with Crippen LogP contribution in [0.5, 0.6) is 0 Å². The van der Waals surface area contributed by atoms with Crippen molar-refractivity contribution in [2.24, 2.45) is 11.7 Å². The summed E-state index contributed by atoms with van der Waals surface area (Å²) in [4.78, 5) is 23.7. The van der Waals surface area contributed by atoms with Crippen LogP contribution in [-0.4, -0.2) is 32.9 Å². The lowest BCUT2D eigenvalue weighted by molar-refractivity contribution is -0.138. The highest BCUT2D eigenvalue weighted by Gasteiger charge is 2.33. The van der Waals surface area contributed by atoms with Crippen LogP contribution in [0.25, 0.3) is 0 Å². The lowest BCUT2D eigenvalue weighted by Gasteiger charge is -2.16. The zero-order valence-corrected chi connectivity index (χ0v) is 14.8. The number of nitrogens with two attached hydrogens (primary N) is 1. The molecule has 1 aromatic carbocycles. The molecule has 7 nitrogen and oxygen atoms in total. The molecule has 2 amide bonds. The number of rotatable bonds is 7. The van der Waals surface area contributed by atoms with Crippen LogP contribution in [0.15, 0.2) is 30.5 Å². The minimum absolute atomic E-state index is 0.00308. The van der Waals surface area contributed by atoms with Gasteiger partial charge < -0.3 is 11.1 Å². The van der Waals surface area contributed by atoms with Gasteiger partial charge in [-0.1, -0.05) is 37.3 Å². The first-order chi connectivity index (χ1) is 12.6. The topological polar surface area (TPSA) is 103 Å². The van der Waals surface area contributed by atoms with E-state index in [1.165, 1.54) is 24.4 Å². The van der Waals surface area contributed by atoms with Crippen LogP contribution in [0.3, 0.4) is 0 Å². The van der Waals surface area contributed by atoms with Gasteiger partial charge in [0.15, 0.2) is 5.69 Å². The SMILES string of the molecule is CC(C)C[C@H](NC(=O)c1cn(Cc2ccccc2C(F)(F)F)nn1)C(N)=O. The average Bonchev–Trinajstić information content (AvgIpc) is 3.02. The maximum atomic E-state index is 13.1. The molecule has 2 rings (SSSR count). The molecule has 1 heterocycles. The lowest BCUT2D eigenvalue weighted by atomic mass is 10.0. The normalized spacial score (nSPS) is 12.8. The predicted octanol–water partition coefficient (Wildman–Crippen LogP) is 1.97. The summed E-state index contributed by atoms with van der Waals surface area (Å²) in [6.45, 7) is 3.54.